The molecule has 0 aromatic carbocycles. The molecule has 0 aliphatic heterocycles. The third-order valence-corrected chi connectivity index (χ3v) is 3.81. The van der Waals surface area contributed by atoms with Gasteiger partial charge in [0.1, 0.15) is 4.32 Å². The average molecular weight is 367 g/mol. The maximum absolute atomic E-state index is 13.2. The quantitative estimate of drug-likeness (QED) is 0.509. The first-order valence-corrected chi connectivity index (χ1v) is 6.56. The second-order valence-corrected chi connectivity index (χ2v) is 5.45. The average Bonchev–Trinajstić information content (AvgIpc) is 2.27. The van der Waals surface area contributed by atoms with Crippen LogP contribution in [0.5, 0.6) is 0 Å². The molecule has 0 saturated heterocycles. The molecule has 0 aliphatic carbocycles. The second kappa shape index (κ2) is 6.39. The highest BCUT2D eigenvalue weighted by Crippen LogP contribution is 2.56. The fraction of sp³-hybridized carbons (Fsp3) is 0.889. The Bertz CT molecular complexity index is 376. The van der Waals surface area contributed by atoms with Crippen LogP contribution in [0, 0.1) is 0 Å². The van der Waals surface area contributed by atoms with Crippen molar-refractivity contribution < 1.29 is 39.5 Å². The van der Waals surface area contributed by atoms with E-state index in [9.17, 15) is 39.5 Å². The molecular formula is C9H10F9NS2. The number of thiocarbonyl (C=S) groups is 1. The molecule has 0 amide bonds. The summed E-state index contributed by atoms with van der Waals surface area (Å²) in [5.74, 6) is -13.5. The summed E-state index contributed by atoms with van der Waals surface area (Å²) >= 11 is 3.16. The molecule has 0 heterocycles. The highest BCUT2D eigenvalue weighted by Gasteiger charge is 2.82. The highest BCUT2D eigenvalue weighted by atomic mass is 32.2. The van der Waals surface area contributed by atoms with E-state index in [0.717, 1.165) is 4.90 Å². The minimum atomic E-state index is -6.89. The number of hydrogen-bond donors (Lipinski definition) is 0. The van der Waals surface area contributed by atoms with E-state index in [4.69, 9.17) is 0 Å². The van der Waals surface area contributed by atoms with Gasteiger partial charge in [-0.3, -0.25) is 0 Å². The Morgan fingerprint density at radius 1 is 0.857 bits per heavy atom. The molecular weight excluding hydrogens is 357 g/mol. The van der Waals surface area contributed by atoms with Gasteiger partial charge in [-0.25, -0.2) is 0 Å². The Labute approximate surface area is 123 Å². The number of rotatable bonds is 5. The van der Waals surface area contributed by atoms with Crippen molar-refractivity contribution in [1.29, 1.82) is 0 Å². The summed E-state index contributed by atoms with van der Waals surface area (Å²) in [5.41, 5.74) is 0. The molecule has 0 spiro atoms. The molecule has 0 aliphatic rings. The first-order valence-electron chi connectivity index (χ1n) is 5.33. The Morgan fingerprint density at radius 3 is 1.52 bits per heavy atom. The summed E-state index contributed by atoms with van der Waals surface area (Å²) in [5, 5.41) is -5.73. The van der Waals surface area contributed by atoms with Crippen molar-refractivity contribution in [1.82, 2.24) is 4.90 Å². The van der Waals surface area contributed by atoms with Gasteiger partial charge in [-0.1, -0.05) is 12.2 Å². The lowest BCUT2D eigenvalue weighted by Crippen LogP contribution is -2.60. The molecule has 0 saturated carbocycles. The van der Waals surface area contributed by atoms with E-state index in [2.05, 4.69) is 12.2 Å². The van der Waals surface area contributed by atoms with Gasteiger partial charge in [-0.05, 0) is 25.6 Å². The molecule has 21 heavy (non-hydrogen) atoms. The van der Waals surface area contributed by atoms with Crippen LogP contribution in [0.4, 0.5) is 39.5 Å². The third-order valence-electron chi connectivity index (χ3n) is 2.35. The molecule has 126 valence electrons. The Balaban J connectivity index is 5.44. The summed E-state index contributed by atoms with van der Waals surface area (Å²) in [4.78, 5) is 0.940. The zero-order valence-corrected chi connectivity index (χ0v) is 12.2. The number of hydrogen-bond acceptors (Lipinski definition) is 2. The van der Waals surface area contributed by atoms with Crippen LogP contribution in [-0.2, 0) is 0 Å². The Kier molecular flexibility index (Phi) is 6.27. The van der Waals surface area contributed by atoms with Crippen LogP contribution in [0.25, 0.3) is 0 Å². The first-order chi connectivity index (χ1) is 9.15. The summed E-state index contributed by atoms with van der Waals surface area (Å²) in [7, 11) is 0. The minimum absolute atomic E-state index is 0.000349. The Hall–Kier alpha value is -0.390. The second-order valence-electron chi connectivity index (χ2n) is 3.70. The monoisotopic (exact) mass is 367 g/mol. The van der Waals surface area contributed by atoms with E-state index in [-0.39, 0.29) is 13.1 Å². The van der Waals surface area contributed by atoms with E-state index in [1.807, 2.05) is 0 Å². The molecule has 0 radical (unpaired) electrons. The van der Waals surface area contributed by atoms with E-state index in [1.165, 1.54) is 13.8 Å². The first kappa shape index (κ1) is 20.6. The van der Waals surface area contributed by atoms with Crippen LogP contribution in [-0.4, -0.2) is 45.6 Å². The van der Waals surface area contributed by atoms with Gasteiger partial charge < -0.3 is 4.90 Å². The van der Waals surface area contributed by atoms with Crippen LogP contribution in [0.1, 0.15) is 13.8 Å². The summed E-state index contributed by atoms with van der Waals surface area (Å²) in [6.45, 7) is 2.83. The third kappa shape index (κ3) is 3.88. The number of halogens is 9. The maximum Gasteiger partial charge on any atom is 0.460 e. The largest absolute Gasteiger partial charge is 0.460 e. The molecule has 0 aromatic heterocycles. The lowest BCUT2D eigenvalue weighted by Gasteiger charge is -2.34. The Morgan fingerprint density at radius 2 is 1.24 bits per heavy atom. The number of nitrogens with zero attached hydrogens (tertiary/aromatic N) is 1. The van der Waals surface area contributed by atoms with Crippen molar-refractivity contribution in [2.24, 2.45) is 0 Å². The van der Waals surface area contributed by atoms with E-state index >= 15 is 0 Å². The van der Waals surface area contributed by atoms with Crippen LogP contribution in [0.3, 0.4) is 0 Å². The fourth-order valence-electron chi connectivity index (χ4n) is 1.08. The lowest BCUT2D eigenvalue weighted by molar-refractivity contribution is -0.381. The van der Waals surface area contributed by atoms with Gasteiger partial charge in [0.05, 0.1) is 0 Å². The van der Waals surface area contributed by atoms with Crippen LogP contribution < -0.4 is 0 Å². The molecule has 1 nitrogen and oxygen atoms in total. The molecule has 0 unspecified atom stereocenters. The zero-order chi connectivity index (χ0) is 17.3. The van der Waals surface area contributed by atoms with E-state index in [1.54, 1.807) is 0 Å². The lowest BCUT2D eigenvalue weighted by atomic mass is 10.1. The van der Waals surface area contributed by atoms with Crippen LogP contribution >= 0.6 is 24.0 Å². The normalized spacial score (nSPS) is 14.2. The van der Waals surface area contributed by atoms with Gasteiger partial charge >= 0.3 is 23.3 Å². The van der Waals surface area contributed by atoms with Gasteiger partial charge in [-0.15, -0.1) is 0 Å². The van der Waals surface area contributed by atoms with Gasteiger partial charge in [0, 0.05) is 13.1 Å². The molecule has 0 bridgehead atoms. The van der Waals surface area contributed by atoms with Crippen molar-refractivity contribution in [3.63, 3.8) is 0 Å². The minimum Gasteiger partial charge on any atom is -0.358 e. The van der Waals surface area contributed by atoms with Gasteiger partial charge in [0.15, 0.2) is 0 Å². The zero-order valence-electron chi connectivity index (χ0n) is 10.6. The molecule has 0 rings (SSSR count). The topological polar surface area (TPSA) is 3.24 Å². The number of alkyl halides is 9. The standard InChI is InChI=1S/C9H10F9NS2/c1-3-19(4-2)5(20)21-9(17,18)7(12,13)6(10,11)8(14,15)16/h3-4H2,1-2H3. The predicted molar refractivity (Wildman–Crippen MR) is 64.0 cm³/mol. The van der Waals surface area contributed by atoms with Crippen molar-refractivity contribution in [3.8, 4) is 0 Å². The highest BCUT2D eigenvalue weighted by molar-refractivity contribution is 8.23. The fourth-order valence-corrected chi connectivity index (χ4v) is 2.52. The van der Waals surface area contributed by atoms with Gasteiger partial charge in [0.25, 0.3) is 0 Å². The van der Waals surface area contributed by atoms with Gasteiger partial charge in [-0.2, -0.15) is 39.5 Å². The van der Waals surface area contributed by atoms with Crippen molar-refractivity contribution in [2.75, 3.05) is 13.1 Å². The SMILES string of the molecule is CCN(CC)C(=S)SC(F)(F)C(F)(F)C(F)(F)C(F)(F)F. The van der Waals surface area contributed by atoms with Gasteiger partial charge in [0.2, 0.25) is 0 Å². The van der Waals surface area contributed by atoms with E-state index < -0.39 is 39.4 Å². The molecule has 0 fully saturated rings. The summed E-state index contributed by atoms with van der Waals surface area (Å²) in [6.07, 6.45) is -6.82. The molecule has 0 aromatic rings. The molecule has 0 N–H and O–H groups in total. The molecule has 0 atom stereocenters. The number of thioether (sulfide) groups is 1. The summed E-state index contributed by atoms with van der Waals surface area (Å²) < 4.78 is 112. The van der Waals surface area contributed by atoms with Crippen molar-refractivity contribution in [3.05, 3.63) is 0 Å². The smallest absolute Gasteiger partial charge is 0.358 e. The van der Waals surface area contributed by atoms with Crippen molar-refractivity contribution in [2.45, 2.75) is 37.1 Å². The van der Waals surface area contributed by atoms with E-state index in [0.29, 0.717) is 0 Å². The maximum atomic E-state index is 13.2. The van der Waals surface area contributed by atoms with Crippen molar-refractivity contribution >= 4 is 28.3 Å². The van der Waals surface area contributed by atoms with Crippen LogP contribution in [0.2, 0.25) is 0 Å². The molecule has 12 heteroatoms. The summed E-state index contributed by atoms with van der Waals surface area (Å²) in [6, 6.07) is 0. The van der Waals surface area contributed by atoms with Crippen LogP contribution in [0.15, 0.2) is 0 Å². The predicted octanol–water partition coefficient (Wildman–Crippen LogP) is 4.77.